The Morgan fingerprint density at radius 3 is 2.68 bits per heavy atom. The number of nitrogens with one attached hydrogen (secondary N) is 1. The van der Waals surface area contributed by atoms with Gasteiger partial charge in [0.25, 0.3) is 0 Å². The van der Waals surface area contributed by atoms with E-state index in [0.29, 0.717) is 45.9 Å². The first kappa shape index (κ1) is 23.9. The number of alkyl halides is 3. The third kappa shape index (κ3) is 4.54. The lowest BCUT2D eigenvalue weighted by molar-refractivity contribution is -0.137. The van der Waals surface area contributed by atoms with Crippen LogP contribution in [0.1, 0.15) is 42.0 Å². The molecule has 6 nitrogen and oxygen atoms in total. The molecule has 1 aliphatic carbocycles. The highest BCUT2D eigenvalue weighted by Gasteiger charge is 2.41. The van der Waals surface area contributed by atoms with Crippen molar-refractivity contribution in [3.05, 3.63) is 70.4 Å². The minimum absolute atomic E-state index is 0.0303. The predicted octanol–water partition coefficient (Wildman–Crippen LogP) is 4.94. The van der Waals surface area contributed by atoms with E-state index in [4.69, 9.17) is 0 Å². The lowest BCUT2D eigenvalue weighted by atomic mass is 9.84. The smallest absolute Gasteiger partial charge is 0.396 e. The first-order valence-corrected chi connectivity index (χ1v) is 11.5. The van der Waals surface area contributed by atoms with Crippen LogP contribution >= 0.6 is 11.8 Å². The number of benzene rings is 2. The fourth-order valence-electron chi connectivity index (χ4n) is 4.24. The Kier molecular flexibility index (Phi) is 6.68. The number of allylic oxidation sites excluding steroid dienone is 1. The van der Waals surface area contributed by atoms with Crippen molar-refractivity contribution in [1.29, 1.82) is 5.26 Å². The fraction of sp³-hybridized carbons (Fsp3) is 0.292. The lowest BCUT2D eigenvalue weighted by Crippen LogP contribution is -2.49. The average Bonchev–Trinajstić information content (AvgIpc) is 2.81. The topological polar surface area (TPSA) is 93.4 Å². The molecule has 0 spiro atoms. The molecule has 1 heterocycles. The van der Waals surface area contributed by atoms with Crippen LogP contribution in [0, 0.1) is 11.3 Å². The van der Waals surface area contributed by atoms with Gasteiger partial charge in [-0.2, -0.15) is 18.4 Å². The number of hydrogen-bond acceptors (Lipinski definition) is 5. The zero-order valence-electron chi connectivity index (χ0n) is 17.9. The standard InChI is InChI=1S/C24H20F3N3O3S/c25-24(26,27)15-3-1-4-16(12-15)30-18-5-2-6-19(32)21(18)22(29-23(30)33)17-8-7-14(13-28)11-20(17)34-10-9-31/h1,3-4,7-8,11-12,22,31H,2,5-6,9-10H2,(H,29,33). The van der Waals surface area contributed by atoms with E-state index >= 15 is 0 Å². The molecule has 2 aliphatic rings. The summed E-state index contributed by atoms with van der Waals surface area (Å²) >= 11 is 1.29. The summed E-state index contributed by atoms with van der Waals surface area (Å²) in [5.74, 6) is 0.157. The molecule has 0 bridgehead atoms. The normalized spacial score (nSPS) is 18.4. The molecule has 10 heteroatoms. The quantitative estimate of drug-likeness (QED) is 0.583. The molecule has 34 heavy (non-hydrogen) atoms. The molecule has 0 saturated carbocycles. The van der Waals surface area contributed by atoms with Crippen molar-refractivity contribution < 1.29 is 27.9 Å². The lowest BCUT2D eigenvalue weighted by Gasteiger charge is -2.39. The van der Waals surface area contributed by atoms with Gasteiger partial charge in [-0.1, -0.05) is 12.1 Å². The number of Topliss-reactive ketones (excluding diaryl/α,β-unsaturated/α-hetero) is 1. The Morgan fingerprint density at radius 2 is 1.97 bits per heavy atom. The van der Waals surface area contributed by atoms with E-state index in [2.05, 4.69) is 11.4 Å². The second-order valence-electron chi connectivity index (χ2n) is 7.84. The summed E-state index contributed by atoms with van der Waals surface area (Å²) in [5, 5.41) is 21.3. The fourth-order valence-corrected chi connectivity index (χ4v) is 5.11. The number of carbonyl (C=O) groups excluding carboxylic acids is 2. The van der Waals surface area contributed by atoms with Crippen LogP contribution < -0.4 is 10.2 Å². The molecule has 0 fully saturated rings. The van der Waals surface area contributed by atoms with Crippen molar-refractivity contribution in [3.63, 3.8) is 0 Å². The molecular formula is C24H20F3N3O3S. The van der Waals surface area contributed by atoms with Crippen molar-refractivity contribution in [2.24, 2.45) is 0 Å². The summed E-state index contributed by atoms with van der Waals surface area (Å²) in [6.45, 7) is -0.103. The number of hydrogen-bond donors (Lipinski definition) is 2. The molecule has 2 aromatic carbocycles. The molecular weight excluding hydrogens is 467 g/mol. The number of carbonyl (C=O) groups is 2. The molecule has 2 amide bonds. The maximum Gasteiger partial charge on any atom is 0.416 e. The number of aliphatic hydroxyl groups is 1. The Hall–Kier alpha value is -3.29. The second-order valence-corrected chi connectivity index (χ2v) is 8.98. The van der Waals surface area contributed by atoms with E-state index in [1.54, 1.807) is 18.2 Å². The van der Waals surface area contributed by atoms with Gasteiger partial charge in [0.05, 0.1) is 35.5 Å². The zero-order valence-corrected chi connectivity index (χ0v) is 18.7. The van der Waals surface area contributed by atoms with Crippen LogP contribution in [0.25, 0.3) is 0 Å². The summed E-state index contributed by atoms with van der Waals surface area (Å²) in [5.41, 5.74) is 0.839. The van der Waals surface area contributed by atoms with Crippen LogP contribution in [0.3, 0.4) is 0 Å². The number of ketones is 1. The number of amides is 2. The number of anilines is 1. The number of nitrogens with zero attached hydrogens (tertiary/aromatic N) is 2. The van der Waals surface area contributed by atoms with E-state index in [9.17, 15) is 33.1 Å². The monoisotopic (exact) mass is 487 g/mol. The number of urea groups is 1. The average molecular weight is 488 g/mol. The molecule has 2 N–H and O–H groups in total. The molecule has 0 radical (unpaired) electrons. The summed E-state index contributed by atoms with van der Waals surface area (Å²) in [6, 6.07) is 9.93. The highest BCUT2D eigenvalue weighted by Crippen LogP contribution is 2.42. The van der Waals surface area contributed by atoms with Crippen LogP contribution in [0.5, 0.6) is 0 Å². The van der Waals surface area contributed by atoms with E-state index in [1.165, 1.54) is 23.9 Å². The van der Waals surface area contributed by atoms with Gasteiger partial charge in [0.15, 0.2) is 5.78 Å². The number of rotatable bonds is 5. The Bertz CT molecular complexity index is 1220. The molecule has 1 aliphatic heterocycles. The summed E-state index contributed by atoms with van der Waals surface area (Å²) in [6.07, 6.45) is -3.48. The second kappa shape index (κ2) is 9.52. The van der Waals surface area contributed by atoms with Gasteiger partial charge < -0.3 is 10.4 Å². The first-order valence-electron chi connectivity index (χ1n) is 10.6. The zero-order chi connectivity index (χ0) is 24.5. The largest absolute Gasteiger partial charge is 0.416 e. The van der Waals surface area contributed by atoms with E-state index < -0.39 is 23.8 Å². The van der Waals surface area contributed by atoms with Crippen LogP contribution in [-0.2, 0) is 11.0 Å². The molecule has 2 aromatic rings. The minimum atomic E-state index is -4.58. The number of aliphatic hydroxyl groups excluding tert-OH is 1. The Labute approximate surface area is 198 Å². The van der Waals surface area contributed by atoms with Gasteiger partial charge in [0.1, 0.15) is 0 Å². The number of nitriles is 1. The van der Waals surface area contributed by atoms with Crippen molar-refractivity contribution in [2.75, 3.05) is 17.3 Å². The summed E-state index contributed by atoms with van der Waals surface area (Å²) < 4.78 is 39.9. The Morgan fingerprint density at radius 1 is 1.18 bits per heavy atom. The van der Waals surface area contributed by atoms with Crippen molar-refractivity contribution in [3.8, 4) is 6.07 Å². The Balaban J connectivity index is 1.85. The van der Waals surface area contributed by atoms with Gasteiger partial charge in [0, 0.05) is 28.3 Å². The predicted molar refractivity (Wildman–Crippen MR) is 120 cm³/mol. The van der Waals surface area contributed by atoms with E-state index in [0.717, 1.165) is 17.0 Å². The summed E-state index contributed by atoms with van der Waals surface area (Å²) in [7, 11) is 0. The molecule has 176 valence electrons. The van der Waals surface area contributed by atoms with Gasteiger partial charge in [-0.25, -0.2) is 4.79 Å². The molecule has 0 saturated heterocycles. The van der Waals surface area contributed by atoms with Gasteiger partial charge >= 0.3 is 12.2 Å². The van der Waals surface area contributed by atoms with E-state index in [1.807, 2.05) is 0 Å². The molecule has 0 aromatic heterocycles. The molecule has 1 unspecified atom stereocenters. The third-order valence-electron chi connectivity index (χ3n) is 5.69. The van der Waals surface area contributed by atoms with Crippen LogP contribution in [0.2, 0.25) is 0 Å². The molecule has 4 rings (SSSR count). The first-order chi connectivity index (χ1) is 16.2. The van der Waals surface area contributed by atoms with Crippen LogP contribution in [0.15, 0.2) is 58.6 Å². The minimum Gasteiger partial charge on any atom is -0.396 e. The van der Waals surface area contributed by atoms with Crippen LogP contribution in [-0.4, -0.2) is 29.3 Å². The highest BCUT2D eigenvalue weighted by atomic mass is 32.2. The highest BCUT2D eigenvalue weighted by molar-refractivity contribution is 7.99. The van der Waals surface area contributed by atoms with E-state index in [-0.39, 0.29) is 24.5 Å². The van der Waals surface area contributed by atoms with Crippen molar-refractivity contribution >= 4 is 29.3 Å². The van der Waals surface area contributed by atoms with Crippen LogP contribution in [0.4, 0.5) is 23.7 Å². The van der Waals surface area contributed by atoms with Crippen molar-refractivity contribution in [1.82, 2.24) is 5.32 Å². The maximum atomic E-state index is 13.3. The van der Waals surface area contributed by atoms with Gasteiger partial charge in [-0.3, -0.25) is 9.69 Å². The van der Waals surface area contributed by atoms with Gasteiger partial charge in [0.2, 0.25) is 0 Å². The van der Waals surface area contributed by atoms with Crippen molar-refractivity contribution in [2.45, 2.75) is 36.4 Å². The third-order valence-corrected chi connectivity index (χ3v) is 6.74. The maximum absolute atomic E-state index is 13.3. The van der Waals surface area contributed by atoms with Gasteiger partial charge in [-0.05, 0) is 48.7 Å². The number of thioether (sulfide) groups is 1. The molecule has 1 atom stereocenters. The summed E-state index contributed by atoms with van der Waals surface area (Å²) in [4.78, 5) is 28.1. The SMILES string of the molecule is N#Cc1ccc(C2NC(=O)N(c3cccc(C(F)(F)F)c3)C3=C2C(=O)CCC3)c(SCCO)c1. The number of halogens is 3. The van der Waals surface area contributed by atoms with Gasteiger partial charge in [-0.15, -0.1) is 11.8 Å².